The van der Waals surface area contributed by atoms with Crippen LogP contribution in [0, 0.1) is 5.92 Å². The van der Waals surface area contributed by atoms with Crippen LogP contribution < -0.4 is 11.1 Å². The number of ketones is 1. The zero-order chi connectivity index (χ0) is 22.2. The Labute approximate surface area is 173 Å². The molecule has 0 saturated heterocycles. The Kier molecular flexibility index (Phi) is 9.55. The number of rotatable bonds is 10. The van der Waals surface area contributed by atoms with Crippen LogP contribution in [0.25, 0.3) is 0 Å². The SMILES string of the molecule is CCCC[C@H](NC(=O)OC(C)(C)C)C(=O)C(O)(C(=O)O)C(N)CC1CCCCC1. The van der Waals surface area contributed by atoms with Crippen LogP contribution >= 0.6 is 0 Å². The fourth-order valence-corrected chi connectivity index (χ4v) is 3.79. The lowest BCUT2D eigenvalue weighted by Crippen LogP contribution is -2.65. The molecule has 1 fully saturated rings. The summed E-state index contributed by atoms with van der Waals surface area (Å²) in [7, 11) is 0. The van der Waals surface area contributed by atoms with Gasteiger partial charge in [-0.05, 0) is 39.5 Å². The average molecular weight is 415 g/mol. The molecule has 0 bridgehead atoms. The predicted octanol–water partition coefficient (Wildman–Crippen LogP) is 2.75. The third-order valence-corrected chi connectivity index (χ3v) is 5.40. The molecule has 29 heavy (non-hydrogen) atoms. The molecule has 1 saturated carbocycles. The van der Waals surface area contributed by atoms with Gasteiger partial charge in [0.1, 0.15) is 5.60 Å². The summed E-state index contributed by atoms with van der Waals surface area (Å²) in [6.45, 7) is 6.96. The Morgan fingerprint density at radius 1 is 1.17 bits per heavy atom. The maximum Gasteiger partial charge on any atom is 0.408 e. The minimum absolute atomic E-state index is 0.185. The number of hydrogen-bond acceptors (Lipinski definition) is 6. The minimum Gasteiger partial charge on any atom is -0.479 e. The van der Waals surface area contributed by atoms with E-state index in [2.05, 4.69) is 5.32 Å². The van der Waals surface area contributed by atoms with E-state index < -0.39 is 41.1 Å². The van der Waals surface area contributed by atoms with E-state index in [-0.39, 0.29) is 18.8 Å². The molecule has 0 radical (unpaired) electrons. The lowest BCUT2D eigenvalue weighted by atomic mass is 9.77. The summed E-state index contributed by atoms with van der Waals surface area (Å²) < 4.78 is 5.19. The van der Waals surface area contributed by atoms with Gasteiger partial charge < -0.3 is 26.0 Å². The van der Waals surface area contributed by atoms with E-state index in [4.69, 9.17) is 10.5 Å². The van der Waals surface area contributed by atoms with Gasteiger partial charge in [-0.15, -0.1) is 0 Å². The first-order chi connectivity index (χ1) is 13.4. The van der Waals surface area contributed by atoms with Gasteiger partial charge in [-0.25, -0.2) is 9.59 Å². The minimum atomic E-state index is -2.76. The van der Waals surface area contributed by atoms with Crippen molar-refractivity contribution in [2.24, 2.45) is 11.7 Å². The number of carbonyl (C=O) groups excluding carboxylic acids is 2. The summed E-state index contributed by atoms with van der Waals surface area (Å²) >= 11 is 0. The van der Waals surface area contributed by atoms with E-state index in [1.807, 2.05) is 6.92 Å². The Morgan fingerprint density at radius 2 is 1.76 bits per heavy atom. The van der Waals surface area contributed by atoms with Crippen molar-refractivity contribution in [3.05, 3.63) is 0 Å². The molecule has 0 aromatic carbocycles. The van der Waals surface area contributed by atoms with Gasteiger partial charge in [-0.3, -0.25) is 4.79 Å². The molecular weight excluding hydrogens is 376 g/mol. The van der Waals surface area contributed by atoms with Crippen LogP contribution in [0.5, 0.6) is 0 Å². The van der Waals surface area contributed by atoms with Gasteiger partial charge in [0.15, 0.2) is 5.78 Å². The number of amides is 1. The number of nitrogens with two attached hydrogens (primary N) is 1. The van der Waals surface area contributed by atoms with Gasteiger partial charge >= 0.3 is 12.1 Å². The van der Waals surface area contributed by atoms with Crippen LogP contribution in [0.1, 0.15) is 85.5 Å². The molecule has 1 amide bonds. The van der Waals surface area contributed by atoms with Crippen LogP contribution in [0.15, 0.2) is 0 Å². The van der Waals surface area contributed by atoms with E-state index in [0.717, 1.165) is 38.5 Å². The average Bonchev–Trinajstić information content (AvgIpc) is 2.62. The molecule has 0 aliphatic heterocycles. The number of alkyl carbamates (subject to hydrolysis) is 1. The van der Waals surface area contributed by atoms with Gasteiger partial charge in [0.05, 0.1) is 12.1 Å². The summed E-state index contributed by atoms with van der Waals surface area (Å²) in [5.41, 5.74) is 2.55. The molecule has 0 spiro atoms. The third-order valence-electron chi connectivity index (χ3n) is 5.40. The zero-order valence-corrected chi connectivity index (χ0v) is 18.2. The first-order valence-electron chi connectivity index (χ1n) is 10.7. The highest BCUT2D eigenvalue weighted by Gasteiger charge is 2.52. The molecule has 3 atom stereocenters. The molecule has 1 aliphatic carbocycles. The third kappa shape index (κ3) is 7.59. The van der Waals surface area contributed by atoms with Crippen LogP contribution in [0.3, 0.4) is 0 Å². The van der Waals surface area contributed by atoms with Gasteiger partial charge in [0, 0.05) is 0 Å². The highest BCUT2D eigenvalue weighted by atomic mass is 16.6. The van der Waals surface area contributed by atoms with Crippen molar-refractivity contribution in [2.45, 2.75) is 109 Å². The van der Waals surface area contributed by atoms with E-state index in [1.54, 1.807) is 20.8 Å². The quantitative estimate of drug-likeness (QED) is 0.403. The summed E-state index contributed by atoms with van der Waals surface area (Å²) in [6.07, 6.45) is 5.95. The maximum absolute atomic E-state index is 13.1. The smallest absolute Gasteiger partial charge is 0.408 e. The van der Waals surface area contributed by atoms with E-state index >= 15 is 0 Å². The number of nitrogens with one attached hydrogen (secondary N) is 1. The van der Waals surface area contributed by atoms with Crippen LogP contribution in [-0.2, 0) is 14.3 Å². The van der Waals surface area contributed by atoms with Crippen LogP contribution in [0.4, 0.5) is 4.79 Å². The number of carbonyl (C=O) groups is 3. The van der Waals surface area contributed by atoms with E-state index in [1.165, 1.54) is 0 Å². The van der Waals surface area contributed by atoms with Crippen LogP contribution in [0.2, 0.25) is 0 Å². The highest BCUT2D eigenvalue weighted by Crippen LogP contribution is 2.30. The molecular formula is C21H38N2O6. The largest absolute Gasteiger partial charge is 0.479 e. The molecule has 0 heterocycles. The van der Waals surface area contributed by atoms with Gasteiger partial charge in [0.2, 0.25) is 5.60 Å². The second-order valence-electron chi connectivity index (χ2n) is 9.12. The standard InChI is InChI=1S/C21H38N2O6/c1-5-6-12-15(23-19(27)29-20(2,3)4)17(24)21(28,18(25)26)16(22)13-14-10-8-7-9-11-14/h14-16,28H,5-13,22H2,1-4H3,(H,23,27)(H,25,26)/t15-,16?,21?/m0/s1. The fourth-order valence-electron chi connectivity index (χ4n) is 3.79. The number of carboxylic acids is 1. The topological polar surface area (TPSA) is 139 Å². The van der Waals surface area contributed by atoms with Gasteiger partial charge in [0.25, 0.3) is 0 Å². The molecule has 5 N–H and O–H groups in total. The molecule has 8 nitrogen and oxygen atoms in total. The zero-order valence-electron chi connectivity index (χ0n) is 18.2. The van der Waals surface area contributed by atoms with E-state index in [9.17, 15) is 24.6 Å². The molecule has 8 heteroatoms. The molecule has 1 aliphatic rings. The molecule has 0 aromatic heterocycles. The second kappa shape index (κ2) is 10.9. The summed E-state index contributed by atoms with van der Waals surface area (Å²) in [4.78, 5) is 37.2. The number of ether oxygens (including phenoxy) is 1. The van der Waals surface area contributed by atoms with Crippen molar-refractivity contribution in [1.29, 1.82) is 0 Å². The van der Waals surface area contributed by atoms with Crippen LogP contribution in [-0.4, -0.2) is 51.3 Å². The van der Waals surface area contributed by atoms with Gasteiger partial charge in [-0.1, -0.05) is 51.9 Å². The summed E-state index contributed by atoms with van der Waals surface area (Å²) in [5.74, 6) is -2.49. The lowest BCUT2D eigenvalue weighted by Gasteiger charge is -2.34. The number of carboxylic acid groups (broad SMARTS) is 1. The van der Waals surface area contributed by atoms with Crippen molar-refractivity contribution in [1.82, 2.24) is 5.32 Å². The number of aliphatic hydroxyl groups is 1. The van der Waals surface area contributed by atoms with E-state index in [0.29, 0.717) is 6.42 Å². The summed E-state index contributed by atoms with van der Waals surface area (Å²) in [6, 6.07) is -2.44. The number of aliphatic carboxylic acids is 1. The Balaban J connectivity index is 3.01. The fraction of sp³-hybridized carbons (Fsp3) is 0.857. The number of unbranched alkanes of at least 4 members (excludes halogenated alkanes) is 1. The maximum atomic E-state index is 13.1. The molecule has 168 valence electrons. The first kappa shape index (κ1) is 25.4. The lowest BCUT2D eigenvalue weighted by molar-refractivity contribution is -0.169. The molecule has 0 aromatic rings. The Bertz CT molecular complexity index is 568. The second-order valence-corrected chi connectivity index (χ2v) is 9.12. The Morgan fingerprint density at radius 3 is 2.24 bits per heavy atom. The van der Waals surface area contributed by atoms with Crippen molar-refractivity contribution >= 4 is 17.8 Å². The first-order valence-corrected chi connectivity index (χ1v) is 10.7. The molecule has 1 rings (SSSR count). The summed E-state index contributed by atoms with van der Waals surface area (Å²) in [5, 5.41) is 23.0. The normalized spacial score (nSPS) is 19.7. The van der Waals surface area contributed by atoms with Gasteiger partial charge in [-0.2, -0.15) is 0 Å². The Hall–Kier alpha value is -1.67. The highest BCUT2D eigenvalue weighted by molar-refractivity contribution is 6.10. The number of hydrogen-bond donors (Lipinski definition) is 4. The van der Waals surface area contributed by atoms with Crippen molar-refractivity contribution in [2.75, 3.05) is 0 Å². The monoisotopic (exact) mass is 414 g/mol. The van der Waals surface area contributed by atoms with Crippen molar-refractivity contribution < 1.29 is 29.3 Å². The van der Waals surface area contributed by atoms with Crippen molar-refractivity contribution in [3.8, 4) is 0 Å². The van der Waals surface area contributed by atoms with Crippen molar-refractivity contribution in [3.63, 3.8) is 0 Å². The number of Topliss-reactive ketones (excluding diaryl/α,β-unsaturated/α-hetero) is 1. The molecule has 2 unspecified atom stereocenters. The predicted molar refractivity (Wildman–Crippen MR) is 109 cm³/mol.